The largest absolute Gasteiger partial charge is 0.396 e. The van der Waals surface area contributed by atoms with Crippen LogP contribution in [0.25, 0.3) is 0 Å². The fraction of sp³-hybridized carbons (Fsp3) is 0.556. The average Bonchev–Trinajstić information content (AvgIpc) is 2.51. The molecule has 0 aliphatic carbocycles. The van der Waals surface area contributed by atoms with Crippen molar-refractivity contribution in [3.05, 3.63) is 35.4 Å². The van der Waals surface area contributed by atoms with Gasteiger partial charge in [0, 0.05) is 31.2 Å². The van der Waals surface area contributed by atoms with Crippen molar-refractivity contribution in [2.45, 2.75) is 44.7 Å². The van der Waals surface area contributed by atoms with E-state index in [2.05, 4.69) is 28.9 Å². The zero-order chi connectivity index (χ0) is 14.9. The number of rotatable bonds is 5. The fourth-order valence-electron chi connectivity index (χ4n) is 2.96. The van der Waals surface area contributed by atoms with Crippen molar-refractivity contribution in [2.75, 3.05) is 19.8 Å². The van der Waals surface area contributed by atoms with Crippen LogP contribution in [0.15, 0.2) is 24.3 Å². The number of likely N-dealkylation sites (tertiary alicyclic amines) is 1. The van der Waals surface area contributed by atoms with Crippen LogP contribution in [0.4, 0.5) is 0 Å². The van der Waals surface area contributed by atoms with E-state index in [9.17, 15) is 5.11 Å². The predicted octanol–water partition coefficient (Wildman–Crippen LogP) is 2.16. The molecular weight excluding hydrogens is 262 g/mol. The van der Waals surface area contributed by atoms with Crippen molar-refractivity contribution in [1.29, 1.82) is 0 Å². The Kier molecular flexibility index (Phi) is 6.75. The SMILES string of the molecule is OCCC#Cc1ccccc1CN1CCCCC1CCO. The Labute approximate surface area is 127 Å². The van der Waals surface area contributed by atoms with E-state index in [1.807, 2.05) is 12.1 Å². The number of benzene rings is 1. The minimum Gasteiger partial charge on any atom is -0.396 e. The number of aliphatic hydroxyl groups excluding tert-OH is 2. The lowest BCUT2D eigenvalue weighted by molar-refractivity contribution is 0.112. The van der Waals surface area contributed by atoms with Crippen molar-refractivity contribution in [2.24, 2.45) is 0 Å². The lowest BCUT2D eigenvalue weighted by atomic mass is 9.98. The van der Waals surface area contributed by atoms with Gasteiger partial charge in [0.15, 0.2) is 0 Å². The van der Waals surface area contributed by atoms with Gasteiger partial charge in [-0.2, -0.15) is 0 Å². The lowest BCUT2D eigenvalue weighted by Crippen LogP contribution is -2.39. The van der Waals surface area contributed by atoms with Crippen molar-refractivity contribution < 1.29 is 10.2 Å². The molecule has 114 valence electrons. The van der Waals surface area contributed by atoms with E-state index in [1.54, 1.807) is 0 Å². The maximum absolute atomic E-state index is 9.23. The quantitative estimate of drug-likeness (QED) is 0.816. The molecule has 1 unspecified atom stereocenters. The van der Waals surface area contributed by atoms with E-state index < -0.39 is 0 Å². The van der Waals surface area contributed by atoms with E-state index in [4.69, 9.17) is 5.11 Å². The molecule has 0 spiro atoms. The van der Waals surface area contributed by atoms with Gasteiger partial charge < -0.3 is 10.2 Å². The van der Waals surface area contributed by atoms with Crippen molar-refractivity contribution >= 4 is 0 Å². The third-order valence-electron chi connectivity index (χ3n) is 4.06. The summed E-state index contributed by atoms with van der Waals surface area (Å²) in [6, 6.07) is 8.73. The van der Waals surface area contributed by atoms with E-state index >= 15 is 0 Å². The molecular formula is C18H25NO2. The van der Waals surface area contributed by atoms with E-state index in [0.717, 1.165) is 25.1 Å². The van der Waals surface area contributed by atoms with Crippen molar-refractivity contribution in [3.63, 3.8) is 0 Å². The van der Waals surface area contributed by atoms with Gasteiger partial charge in [0.25, 0.3) is 0 Å². The molecule has 0 radical (unpaired) electrons. The van der Waals surface area contributed by atoms with Crippen LogP contribution in [-0.4, -0.2) is 40.9 Å². The molecule has 0 saturated carbocycles. The van der Waals surface area contributed by atoms with Gasteiger partial charge in [-0.05, 0) is 37.4 Å². The molecule has 1 aliphatic heterocycles. The maximum Gasteiger partial charge on any atom is 0.0540 e. The Morgan fingerprint density at radius 3 is 2.81 bits per heavy atom. The molecule has 1 atom stereocenters. The molecule has 1 saturated heterocycles. The number of nitrogens with zero attached hydrogens (tertiary/aromatic N) is 1. The van der Waals surface area contributed by atoms with Gasteiger partial charge in [-0.25, -0.2) is 0 Å². The van der Waals surface area contributed by atoms with E-state index in [1.165, 1.54) is 24.8 Å². The van der Waals surface area contributed by atoms with Gasteiger partial charge in [-0.1, -0.05) is 36.5 Å². The normalized spacial score (nSPS) is 19.0. The standard InChI is InChI=1S/C18H25NO2/c20-13-6-4-8-16-7-1-2-9-17(16)15-19-12-5-3-10-18(19)11-14-21/h1-2,7,9,18,20-21H,3,5-6,10-15H2. The van der Waals surface area contributed by atoms with Crippen molar-refractivity contribution in [1.82, 2.24) is 4.90 Å². The van der Waals surface area contributed by atoms with Gasteiger partial charge in [0.05, 0.1) is 6.61 Å². The van der Waals surface area contributed by atoms with Crippen LogP contribution in [0, 0.1) is 11.8 Å². The third kappa shape index (κ3) is 4.86. The Bertz CT molecular complexity index is 487. The molecule has 1 aliphatic rings. The average molecular weight is 287 g/mol. The molecule has 0 aromatic heterocycles. The second-order valence-electron chi connectivity index (χ2n) is 5.56. The first-order valence-corrected chi connectivity index (χ1v) is 7.87. The highest BCUT2D eigenvalue weighted by Gasteiger charge is 2.22. The summed E-state index contributed by atoms with van der Waals surface area (Å²) in [5.74, 6) is 6.17. The van der Waals surface area contributed by atoms with Crippen LogP contribution in [0.5, 0.6) is 0 Å². The summed E-state index contributed by atoms with van der Waals surface area (Å²) in [6.07, 6.45) is 5.06. The summed E-state index contributed by atoms with van der Waals surface area (Å²) >= 11 is 0. The maximum atomic E-state index is 9.23. The summed E-state index contributed by atoms with van der Waals surface area (Å²) in [6.45, 7) is 2.37. The Morgan fingerprint density at radius 1 is 1.14 bits per heavy atom. The molecule has 0 bridgehead atoms. The molecule has 21 heavy (non-hydrogen) atoms. The molecule has 2 N–H and O–H groups in total. The smallest absolute Gasteiger partial charge is 0.0540 e. The monoisotopic (exact) mass is 287 g/mol. The fourth-order valence-corrected chi connectivity index (χ4v) is 2.96. The van der Waals surface area contributed by atoms with Gasteiger partial charge in [-0.15, -0.1) is 0 Å². The second kappa shape index (κ2) is 8.84. The third-order valence-corrected chi connectivity index (χ3v) is 4.06. The zero-order valence-electron chi connectivity index (χ0n) is 12.6. The second-order valence-corrected chi connectivity index (χ2v) is 5.56. The Balaban J connectivity index is 2.09. The van der Waals surface area contributed by atoms with Crippen LogP contribution in [-0.2, 0) is 6.54 Å². The molecule has 0 amide bonds. The number of hydrogen-bond donors (Lipinski definition) is 2. The van der Waals surface area contributed by atoms with Crippen LogP contribution in [0.3, 0.4) is 0 Å². The Morgan fingerprint density at radius 2 is 2.00 bits per heavy atom. The number of aliphatic hydroxyl groups is 2. The van der Waals surface area contributed by atoms with Gasteiger partial charge >= 0.3 is 0 Å². The van der Waals surface area contributed by atoms with Gasteiger partial charge in [0.1, 0.15) is 0 Å². The molecule has 3 heteroatoms. The zero-order valence-corrected chi connectivity index (χ0v) is 12.6. The minimum atomic E-state index is 0.111. The molecule has 1 heterocycles. The number of piperidine rings is 1. The minimum absolute atomic E-state index is 0.111. The Hall–Kier alpha value is -1.34. The van der Waals surface area contributed by atoms with Gasteiger partial charge in [-0.3, -0.25) is 4.90 Å². The van der Waals surface area contributed by atoms with Crippen LogP contribution in [0.2, 0.25) is 0 Å². The first-order valence-electron chi connectivity index (χ1n) is 7.87. The van der Waals surface area contributed by atoms with Crippen LogP contribution in [0.1, 0.15) is 43.2 Å². The van der Waals surface area contributed by atoms with Crippen LogP contribution < -0.4 is 0 Å². The topological polar surface area (TPSA) is 43.7 Å². The highest BCUT2D eigenvalue weighted by atomic mass is 16.3. The molecule has 3 nitrogen and oxygen atoms in total. The van der Waals surface area contributed by atoms with E-state index in [0.29, 0.717) is 12.5 Å². The number of hydrogen-bond acceptors (Lipinski definition) is 3. The summed E-state index contributed by atoms with van der Waals surface area (Å²) in [4.78, 5) is 2.48. The summed E-state index contributed by atoms with van der Waals surface area (Å²) in [5, 5.41) is 18.1. The van der Waals surface area contributed by atoms with Crippen LogP contribution >= 0.6 is 0 Å². The summed E-state index contributed by atoms with van der Waals surface area (Å²) in [5.41, 5.74) is 2.30. The molecule has 1 aromatic carbocycles. The first kappa shape index (κ1) is 16.0. The van der Waals surface area contributed by atoms with Gasteiger partial charge in [0.2, 0.25) is 0 Å². The summed E-state index contributed by atoms with van der Waals surface area (Å²) < 4.78 is 0. The lowest BCUT2D eigenvalue weighted by Gasteiger charge is -2.35. The highest BCUT2D eigenvalue weighted by molar-refractivity contribution is 5.41. The highest BCUT2D eigenvalue weighted by Crippen LogP contribution is 2.22. The molecule has 1 fully saturated rings. The molecule has 1 aromatic rings. The van der Waals surface area contributed by atoms with Crippen molar-refractivity contribution in [3.8, 4) is 11.8 Å². The predicted molar refractivity (Wildman–Crippen MR) is 84.8 cm³/mol. The first-order chi connectivity index (χ1) is 10.3. The van der Waals surface area contributed by atoms with E-state index in [-0.39, 0.29) is 13.2 Å². The molecule has 2 rings (SSSR count). The summed E-state index contributed by atoms with van der Waals surface area (Å²) in [7, 11) is 0.